The highest BCUT2D eigenvalue weighted by atomic mass is 32.1. The Kier molecular flexibility index (Phi) is 3.29. The predicted molar refractivity (Wildman–Crippen MR) is 86.3 cm³/mol. The van der Waals surface area contributed by atoms with E-state index in [9.17, 15) is 0 Å². The van der Waals surface area contributed by atoms with Gasteiger partial charge in [-0.3, -0.25) is 4.90 Å². The molecule has 1 aromatic carbocycles. The van der Waals surface area contributed by atoms with Crippen molar-refractivity contribution in [1.29, 1.82) is 0 Å². The lowest BCUT2D eigenvalue weighted by atomic mass is 9.94. The van der Waals surface area contributed by atoms with Crippen LogP contribution in [0.4, 0.5) is 0 Å². The Hall–Kier alpha value is -0.900. The van der Waals surface area contributed by atoms with Gasteiger partial charge in [-0.15, -0.1) is 11.3 Å². The molecule has 2 fully saturated rings. The van der Waals surface area contributed by atoms with E-state index in [1.54, 1.807) is 0 Å². The van der Waals surface area contributed by atoms with E-state index in [0.717, 1.165) is 12.0 Å². The smallest absolute Gasteiger partial charge is 0.0414 e. The number of rotatable bonds is 2. The zero-order chi connectivity index (χ0) is 13.5. The maximum Gasteiger partial charge on any atom is 0.0414 e. The summed E-state index contributed by atoms with van der Waals surface area (Å²) >= 11 is 1.96. The van der Waals surface area contributed by atoms with Gasteiger partial charge in [-0.25, -0.2) is 0 Å². The third-order valence-electron chi connectivity index (χ3n) is 5.03. The SMILES string of the molecule is CC(c1cc2ccccc2s1)N1CC2CCCNC2C1. The van der Waals surface area contributed by atoms with Crippen molar-refractivity contribution in [1.82, 2.24) is 10.2 Å². The van der Waals surface area contributed by atoms with Crippen molar-refractivity contribution in [3.8, 4) is 0 Å². The van der Waals surface area contributed by atoms with Gasteiger partial charge >= 0.3 is 0 Å². The number of thiophene rings is 1. The molecule has 2 aromatic rings. The Labute approximate surface area is 124 Å². The molecule has 0 saturated carbocycles. The first-order valence-electron chi connectivity index (χ1n) is 7.77. The Morgan fingerprint density at radius 3 is 3.05 bits per heavy atom. The summed E-state index contributed by atoms with van der Waals surface area (Å²) in [5, 5.41) is 5.10. The third-order valence-corrected chi connectivity index (χ3v) is 6.32. The van der Waals surface area contributed by atoms with Gasteiger partial charge in [-0.2, -0.15) is 0 Å². The van der Waals surface area contributed by atoms with Gasteiger partial charge in [0.05, 0.1) is 0 Å². The van der Waals surface area contributed by atoms with Crippen LogP contribution in [0.3, 0.4) is 0 Å². The molecular formula is C17H22N2S. The van der Waals surface area contributed by atoms with Crippen molar-refractivity contribution in [3.63, 3.8) is 0 Å². The van der Waals surface area contributed by atoms with E-state index < -0.39 is 0 Å². The Balaban J connectivity index is 1.56. The van der Waals surface area contributed by atoms with Crippen LogP contribution in [0.5, 0.6) is 0 Å². The molecule has 1 aromatic heterocycles. The van der Waals surface area contributed by atoms with Gasteiger partial charge in [0, 0.05) is 34.8 Å². The lowest BCUT2D eigenvalue weighted by molar-refractivity contribution is 0.254. The molecule has 3 atom stereocenters. The zero-order valence-corrected chi connectivity index (χ0v) is 12.8. The topological polar surface area (TPSA) is 15.3 Å². The molecule has 0 amide bonds. The minimum atomic E-state index is 0.555. The minimum Gasteiger partial charge on any atom is -0.312 e. The Bertz CT molecular complexity index is 559. The van der Waals surface area contributed by atoms with Crippen LogP contribution in [0.2, 0.25) is 0 Å². The molecule has 0 aliphatic carbocycles. The first kappa shape index (κ1) is 12.8. The van der Waals surface area contributed by atoms with Gasteiger partial charge in [0.15, 0.2) is 0 Å². The fourth-order valence-electron chi connectivity index (χ4n) is 3.78. The van der Waals surface area contributed by atoms with Gasteiger partial charge in [0.2, 0.25) is 0 Å². The van der Waals surface area contributed by atoms with Gasteiger partial charge < -0.3 is 5.32 Å². The highest BCUT2D eigenvalue weighted by Gasteiger charge is 2.36. The molecular weight excluding hydrogens is 264 g/mol. The number of nitrogens with zero attached hydrogens (tertiary/aromatic N) is 1. The van der Waals surface area contributed by atoms with E-state index in [0.29, 0.717) is 6.04 Å². The quantitative estimate of drug-likeness (QED) is 0.906. The van der Waals surface area contributed by atoms with Crippen molar-refractivity contribution < 1.29 is 0 Å². The number of benzene rings is 1. The second-order valence-corrected chi connectivity index (χ2v) is 7.39. The van der Waals surface area contributed by atoms with E-state index in [4.69, 9.17) is 0 Å². The van der Waals surface area contributed by atoms with Crippen molar-refractivity contribution in [3.05, 3.63) is 35.2 Å². The third kappa shape index (κ3) is 2.18. The van der Waals surface area contributed by atoms with Gasteiger partial charge in [0.1, 0.15) is 0 Å². The molecule has 20 heavy (non-hydrogen) atoms. The van der Waals surface area contributed by atoms with Crippen molar-refractivity contribution in [2.75, 3.05) is 19.6 Å². The maximum absolute atomic E-state index is 3.71. The summed E-state index contributed by atoms with van der Waals surface area (Å²) < 4.78 is 1.42. The summed E-state index contributed by atoms with van der Waals surface area (Å²) in [6.45, 7) is 6.08. The summed E-state index contributed by atoms with van der Waals surface area (Å²) in [5.74, 6) is 0.876. The van der Waals surface area contributed by atoms with E-state index in [2.05, 4.69) is 47.5 Å². The largest absolute Gasteiger partial charge is 0.312 e. The summed E-state index contributed by atoms with van der Waals surface area (Å²) in [6.07, 6.45) is 2.76. The molecule has 3 heterocycles. The first-order chi connectivity index (χ1) is 9.81. The van der Waals surface area contributed by atoms with E-state index in [1.165, 1.54) is 47.4 Å². The van der Waals surface area contributed by atoms with Crippen molar-refractivity contribution >= 4 is 21.4 Å². The molecule has 3 unspecified atom stereocenters. The molecule has 0 spiro atoms. The van der Waals surface area contributed by atoms with Crippen molar-refractivity contribution in [2.24, 2.45) is 5.92 Å². The normalized spacial score (nSPS) is 28.6. The molecule has 2 saturated heterocycles. The van der Waals surface area contributed by atoms with Crippen LogP contribution in [-0.4, -0.2) is 30.6 Å². The van der Waals surface area contributed by atoms with Gasteiger partial charge in [-0.1, -0.05) is 18.2 Å². The van der Waals surface area contributed by atoms with Crippen molar-refractivity contribution in [2.45, 2.75) is 31.8 Å². The minimum absolute atomic E-state index is 0.555. The van der Waals surface area contributed by atoms with Crippen LogP contribution < -0.4 is 5.32 Å². The second-order valence-electron chi connectivity index (χ2n) is 6.28. The molecule has 3 heteroatoms. The molecule has 4 rings (SSSR count). The fraction of sp³-hybridized carbons (Fsp3) is 0.529. The second kappa shape index (κ2) is 5.14. The number of nitrogens with one attached hydrogen (secondary N) is 1. The van der Waals surface area contributed by atoms with Crippen LogP contribution in [0.1, 0.15) is 30.7 Å². The van der Waals surface area contributed by atoms with Crippen LogP contribution in [0, 0.1) is 5.92 Å². The van der Waals surface area contributed by atoms with Crippen LogP contribution in [0.25, 0.3) is 10.1 Å². The highest BCUT2D eigenvalue weighted by Crippen LogP contribution is 2.36. The molecule has 1 N–H and O–H groups in total. The van der Waals surface area contributed by atoms with E-state index in [-0.39, 0.29) is 0 Å². The summed E-state index contributed by atoms with van der Waals surface area (Å²) in [5.41, 5.74) is 0. The molecule has 0 radical (unpaired) electrons. The molecule has 2 aliphatic heterocycles. The van der Waals surface area contributed by atoms with E-state index >= 15 is 0 Å². The average molecular weight is 286 g/mol. The van der Waals surface area contributed by atoms with Crippen LogP contribution in [0.15, 0.2) is 30.3 Å². The first-order valence-corrected chi connectivity index (χ1v) is 8.59. The lowest BCUT2D eigenvalue weighted by Crippen LogP contribution is -2.40. The van der Waals surface area contributed by atoms with Gasteiger partial charge in [-0.05, 0) is 49.7 Å². The number of hydrogen-bond donors (Lipinski definition) is 1. The number of piperidine rings is 1. The maximum atomic E-state index is 3.71. The predicted octanol–water partition coefficient (Wildman–Crippen LogP) is 3.65. The Morgan fingerprint density at radius 2 is 2.20 bits per heavy atom. The molecule has 2 nitrogen and oxygen atoms in total. The zero-order valence-electron chi connectivity index (χ0n) is 12.0. The summed E-state index contributed by atoms with van der Waals surface area (Å²) in [6, 6.07) is 12.4. The molecule has 0 bridgehead atoms. The average Bonchev–Trinajstić information content (AvgIpc) is 3.10. The van der Waals surface area contributed by atoms with Gasteiger partial charge in [0.25, 0.3) is 0 Å². The monoisotopic (exact) mass is 286 g/mol. The summed E-state index contributed by atoms with van der Waals surface area (Å²) in [7, 11) is 0. The Morgan fingerprint density at radius 1 is 1.30 bits per heavy atom. The van der Waals surface area contributed by atoms with E-state index in [1.807, 2.05) is 11.3 Å². The molecule has 2 aliphatic rings. The highest BCUT2D eigenvalue weighted by molar-refractivity contribution is 7.19. The summed E-state index contributed by atoms with van der Waals surface area (Å²) in [4.78, 5) is 4.20. The number of hydrogen-bond acceptors (Lipinski definition) is 3. The molecule has 106 valence electrons. The fourth-order valence-corrected chi connectivity index (χ4v) is 4.94. The number of fused-ring (bicyclic) bond motifs is 2. The standard InChI is InChI=1S/C17H22N2S/c1-12(17-9-13-5-2-3-7-16(13)20-17)19-10-14-6-4-8-18-15(14)11-19/h2-3,5,7,9,12,14-15,18H,4,6,8,10-11H2,1H3. The number of likely N-dealkylation sites (tertiary alicyclic amines) is 1. The lowest BCUT2D eigenvalue weighted by Gasteiger charge is -2.25. The van der Waals surface area contributed by atoms with Crippen LogP contribution >= 0.6 is 11.3 Å². The van der Waals surface area contributed by atoms with Crippen LogP contribution in [-0.2, 0) is 0 Å².